The topological polar surface area (TPSA) is 26.0 Å². The van der Waals surface area contributed by atoms with E-state index in [2.05, 4.69) is 63.0 Å². The maximum absolute atomic E-state index is 6.20. The summed E-state index contributed by atoms with van der Waals surface area (Å²) in [5.41, 5.74) is 8.67. The lowest BCUT2D eigenvalue weighted by Crippen LogP contribution is -2.08. The van der Waals surface area contributed by atoms with E-state index in [1.807, 2.05) is 0 Å². The Hall–Kier alpha value is 0.570. The smallest absolute Gasteiger partial charge is 0.0731 e. The van der Waals surface area contributed by atoms with E-state index in [-0.39, 0.29) is 6.04 Å². The molecule has 1 atom stereocenters. The Kier molecular flexibility index (Phi) is 3.88. The van der Waals surface area contributed by atoms with E-state index in [1.54, 1.807) is 22.7 Å². The van der Waals surface area contributed by atoms with Crippen molar-refractivity contribution in [1.29, 1.82) is 0 Å². The number of hydrogen-bond acceptors (Lipinski definition) is 3. The van der Waals surface area contributed by atoms with Gasteiger partial charge in [0, 0.05) is 4.88 Å². The van der Waals surface area contributed by atoms with E-state index in [1.165, 1.54) is 22.7 Å². The van der Waals surface area contributed by atoms with Crippen molar-refractivity contribution >= 4 is 61.2 Å². The first-order valence-electron chi connectivity index (χ1n) is 4.33. The molecule has 0 aromatic carbocycles. The van der Waals surface area contributed by atoms with Gasteiger partial charge in [-0.3, -0.25) is 0 Å². The first kappa shape index (κ1) is 12.0. The maximum atomic E-state index is 6.20. The fourth-order valence-electron chi connectivity index (χ4n) is 1.29. The normalized spacial score (nSPS) is 13.1. The van der Waals surface area contributed by atoms with Crippen LogP contribution in [-0.4, -0.2) is 0 Å². The second-order valence-electron chi connectivity index (χ2n) is 3.27. The molecule has 1 nitrogen and oxygen atoms in total. The van der Waals surface area contributed by atoms with Gasteiger partial charge in [0.25, 0.3) is 0 Å². The van der Waals surface area contributed by atoms with Crippen LogP contribution in [0.5, 0.6) is 0 Å². The summed E-state index contributed by atoms with van der Waals surface area (Å²) in [5.74, 6) is 0. The third-order valence-electron chi connectivity index (χ3n) is 2.13. The summed E-state index contributed by atoms with van der Waals surface area (Å²) in [7, 11) is 0. The number of aryl methyl sites for hydroxylation is 1. The largest absolute Gasteiger partial charge is 0.320 e. The second kappa shape index (κ2) is 4.83. The molecule has 0 saturated carbocycles. The minimum atomic E-state index is 0.0137. The van der Waals surface area contributed by atoms with Crippen molar-refractivity contribution in [3.8, 4) is 0 Å². The van der Waals surface area contributed by atoms with Crippen LogP contribution in [-0.2, 0) is 0 Å². The summed E-state index contributed by atoms with van der Waals surface area (Å²) in [4.78, 5) is 1.22. The number of hydrogen-bond donors (Lipinski definition) is 1. The van der Waals surface area contributed by atoms with Crippen molar-refractivity contribution < 1.29 is 0 Å². The lowest BCUT2D eigenvalue weighted by atomic mass is 10.1. The van der Waals surface area contributed by atoms with E-state index in [9.17, 15) is 0 Å². The number of rotatable bonds is 2. The fraction of sp³-hybridized carbons (Fsp3) is 0.200. The molecule has 2 aromatic heterocycles. The van der Waals surface area contributed by atoms with Gasteiger partial charge in [-0.1, -0.05) is 0 Å². The van der Waals surface area contributed by atoms with Crippen molar-refractivity contribution in [3.63, 3.8) is 0 Å². The van der Waals surface area contributed by atoms with Gasteiger partial charge in [-0.05, 0) is 74.1 Å². The van der Waals surface area contributed by atoms with Crippen molar-refractivity contribution in [2.45, 2.75) is 13.0 Å². The monoisotopic (exact) mass is 413 g/mol. The van der Waals surface area contributed by atoms with Crippen LogP contribution in [0.25, 0.3) is 0 Å². The maximum Gasteiger partial charge on any atom is 0.0731 e. The van der Waals surface area contributed by atoms with Crippen LogP contribution in [0.4, 0.5) is 0 Å². The molecular formula is C10H9BrINS2. The highest BCUT2D eigenvalue weighted by Crippen LogP contribution is 2.34. The van der Waals surface area contributed by atoms with E-state index in [0.717, 1.165) is 0 Å². The zero-order chi connectivity index (χ0) is 11.0. The highest BCUT2D eigenvalue weighted by atomic mass is 127. The summed E-state index contributed by atoms with van der Waals surface area (Å²) < 4.78 is 2.46. The Bertz CT molecular complexity index is 458. The van der Waals surface area contributed by atoms with E-state index in [0.29, 0.717) is 0 Å². The third-order valence-corrected chi connectivity index (χ3v) is 6.16. The lowest BCUT2D eigenvalue weighted by Gasteiger charge is -2.06. The van der Waals surface area contributed by atoms with Crippen LogP contribution < -0.4 is 5.73 Å². The van der Waals surface area contributed by atoms with Crippen molar-refractivity contribution in [2.75, 3.05) is 0 Å². The molecule has 0 aliphatic heterocycles. The average molecular weight is 414 g/mol. The highest BCUT2D eigenvalue weighted by Gasteiger charge is 2.14. The van der Waals surface area contributed by atoms with Gasteiger partial charge in [0.05, 0.1) is 12.7 Å². The molecule has 0 aliphatic carbocycles. The lowest BCUT2D eigenvalue weighted by molar-refractivity contribution is 0.898. The zero-order valence-electron chi connectivity index (χ0n) is 7.96. The van der Waals surface area contributed by atoms with Crippen LogP contribution in [0.3, 0.4) is 0 Å². The predicted molar refractivity (Wildman–Crippen MR) is 79.8 cm³/mol. The number of nitrogens with two attached hydrogens (primary N) is 1. The minimum absolute atomic E-state index is 0.0137. The summed E-state index contributed by atoms with van der Waals surface area (Å²) in [6.45, 7) is 2.09. The molecular weight excluding hydrogens is 405 g/mol. The van der Waals surface area contributed by atoms with Gasteiger partial charge in [0.1, 0.15) is 0 Å². The molecule has 0 aliphatic rings. The molecule has 0 saturated heterocycles. The van der Waals surface area contributed by atoms with Gasteiger partial charge < -0.3 is 5.73 Å². The second-order valence-corrected chi connectivity index (χ2v) is 8.47. The van der Waals surface area contributed by atoms with Crippen LogP contribution >= 0.6 is 61.2 Å². The molecule has 0 spiro atoms. The fourth-order valence-corrected chi connectivity index (χ4v) is 4.30. The van der Waals surface area contributed by atoms with Crippen LogP contribution in [0, 0.1) is 9.81 Å². The molecule has 2 N–H and O–H groups in total. The molecule has 0 amide bonds. The van der Waals surface area contributed by atoms with Crippen LogP contribution in [0.2, 0.25) is 0 Å². The molecule has 2 aromatic rings. The summed E-state index contributed by atoms with van der Waals surface area (Å²) in [6, 6.07) is 4.32. The van der Waals surface area contributed by atoms with Gasteiger partial charge in [-0.2, -0.15) is 0 Å². The first-order chi connectivity index (χ1) is 7.08. The van der Waals surface area contributed by atoms with E-state index >= 15 is 0 Å². The molecule has 1 unspecified atom stereocenters. The van der Waals surface area contributed by atoms with Gasteiger partial charge in [0.15, 0.2) is 0 Å². The molecule has 2 heterocycles. The quantitative estimate of drug-likeness (QED) is 0.719. The van der Waals surface area contributed by atoms with E-state index in [4.69, 9.17) is 5.73 Å². The minimum Gasteiger partial charge on any atom is -0.320 e. The molecule has 0 radical (unpaired) electrons. The first-order valence-corrected chi connectivity index (χ1v) is 7.90. The molecule has 0 bridgehead atoms. The van der Waals surface area contributed by atoms with Gasteiger partial charge in [-0.15, -0.1) is 22.7 Å². The third kappa shape index (κ3) is 2.63. The number of thiophene rings is 2. The Balaban J connectivity index is 2.31. The van der Waals surface area contributed by atoms with Gasteiger partial charge >= 0.3 is 0 Å². The standard InChI is InChI=1S/C10H9BrINS2/c1-5-2-7(15-10(5)11)9(13)6-3-8(12)14-4-6/h2-4,9H,13H2,1H3. The van der Waals surface area contributed by atoms with Crippen LogP contribution in [0.15, 0.2) is 21.3 Å². The van der Waals surface area contributed by atoms with E-state index < -0.39 is 0 Å². The molecule has 2 rings (SSSR count). The summed E-state index contributed by atoms with van der Waals surface area (Å²) in [5, 5.41) is 2.13. The van der Waals surface area contributed by atoms with Crippen molar-refractivity contribution in [2.24, 2.45) is 5.73 Å². The summed E-state index contributed by atoms with van der Waals surface area (Å²) >= 11 is 9.31. The summed E-state index contributed by atoms with van der Waals surface area (Å²) in [6.07, 6.45) is 0. The Morgan fingerprint density at radius 1 is 1.47 bits per heavy atom. The Morgan fingerprint density at radius 3 is 2.67 bits per heavy atom. The van der Waals surface area contributed by atoms with Gasteiger partial charge in [0.2, 0.25) is 0 Å². The highest BCUT2D eigenvalue weighted by molar-refractivity contribution is 14.1. The Morgan fingerprint density at radius 2 is 2.20 bits per heavy atom. The molecule has 80 valence electrons. The molecule has 5 heteroatoms. The SMILES string of the molecule is Cc1cc(C(N)c2csc(I)c2)sc1Br. The van der Waals surface area contributed by atoms with Gasteiger partial charge in [-0.25, -0.2) is 0 Å². The Labute approximate surface area is 119 Å². The molecule has 15 heavy (non-hydrogen) atoms. The average Bonchev–Trinajstić information content (AvgIpc) is 2.74. The zero-order valence-corrected chi connectivity index (χ0v) is 13.3. The predicted octanol–water partition coefficient (Wildman–Crippen LogP) is 4.53. The van der Waals surface area contributed by atoms with Crippen LogP contribution in [0.1, 0.15) is 22.0 Å². The molecule has 0 fully saturated rings. The van der Waals surface area contributed by atoms with Crippen molar-refractivity contribution in [3.05, 3.63) is 40.2 Å². The van der Waals surface area contributed by atoms with Crippen molar-refractivity contribution in [1.82, 2.24) is 0 Å². The number of halogens is 2.